The molecule has 100 valence electrons. The maximum atomic E-state index is 13.9. The fraction of sp³-hybridized carbons (Fsp3) is 0.429. The zero-order valence-electron chi connectivity index (χ0n) is 10.7. The van der Waals surface area contributed by atoms with E-state index in [1.54, 1.807) is 11.0 Å². The van der Waals surface area contributed by atoms with E-state index in [1.807, 2.05) is 12.1 Å². The number of benzene rings is 1. The summed E-state index contributed by atoms with van der Waals surface area (Å²) in [5.41, 5.74) is 1.50. The van der Waals surface area contributed by atoms with E-state index in [0.717, 1.165) is 18.4 Å². The topological polar surface area (TPSA) is 56.1 Å². The van der Waals surface area contributed by atoms with Crippen molar-refractivity contribution < 1.29 is 9.18 Å². The summed E-state index contributed by atoms with van der Waals surface area (Å²) in [6.45, 7) is 1.16. The molecule has 2 rings (SSSR count). The summed E-state index contributed by atoms with van der Waals surface area (Å²) in [4.78, 5) is 13.5. The molecule has 0 radical (unpaired) electrons. The van der Waals surface area contributed by atoms with Crippen LogP contribution in [0, 0.1) is 17.1 Å². The number of amides is 1. The van der Waals surface area contributed by atoms with Gasteiger partial charge in [-0.1, -0.05) is 12.1 Å². The molecule has 1 heterocycles. The molecule has 1 aliphatic heterocycles. The lowest BCUT2D eigenvalue weighted by Crippen LogP contribution is -2.40. The van der Waals surface area contributed by atoms with Crippen molar-refractivity contribution in [1.29, 1.82) is 5.26 Å². The van der Waals surface area contributed by atoms with E-state index in [9.17, 15) is 9.18 Å². The van der Waals surface area contributed by atoms with E-state index < -0.39 is 0 Å². The minimum atomic E-state index is -0.276. The number of anilines is 1. The van der Waals surface area contributed by atoms with E-state index in [-0.39, 0.29) is 24.7 Å². The van der Waals surface area contributed by atoms with Crippen LogP contribution in [-0.2, 0) is 11.2 Å². The Morgan fingerprint density at radius 3 is 3.16 bits per heavy atom. The van der Waals surface area contributed by atoms with Gasteiger partial charge in [0.15, 0.2) is 0 Å². The SMILES string of the molecule is N#CCCNC(=O)CN1CCCc2cccc(F)c21. The van der Waals surface area contributed by atoms with Crippen LogP contribution in [0.2, 0.25) is 0 Å². The normalized spacial score (nSPS) is 13.6. The van der Waals surface area contributed by atoms with Crippen molar-refractivity contribution in [3.8, 4) is 6.07 Å². The number of para-hydroxylation sites is 1. The summed E-state index contributed by atoms with van der Waals surface area (Å²) in [5.74, 6) is -0.451. The Morgan fingerprint density at radius 2 is 2.37 bits per heavy atom. The van der Waals surface area contributed by atoms with Crippen molar-refractivity contribution >= 4 is 11.6 Å². The fourth-order valence-corrected chi connectivity index (χ4v) is 2.33. The first-order chi connectivity index (χ1) is 9.22. The molecule has 1 N–H and O–H groups in total. The van der Waals surface area contributed by atoms with Gasteiger partial charge in [-0.2, -0.15) is 5.26 Å². The summed E-state index contributed by atoms with van der Waals surface area (Å²) >= 11 is 0. The lowest BCUT2D eigenvalue weighted by molar-refractivity contribution is -0.119. The van der Waals surface area contributed by atoms with Gasteiger partial charge >= 0.3 is 0 Å². The van der Waals surface area contributed by atoms with Crippen LogP contribution in [0.15, 0.2) is 18.2 Å². The van der Waals surface area contributed by atoms with Gasteiger partial charge in [0.1, 0.15) is 5.82 Å². The van der Waals surface area contributed by atoms with E-state index >= 15 is 0 Å². The number of nitrogens with one attached hydrogen (secondary N) is 1. The predicted octanol–water partition coefficient (Wildman–Crippen LogP) is 1.61. The van der Waals surface area contributed by atoms with Crippen LogP contribution in [-0.4, -0.2) is 25.5 Å². The largest absolute Gasteiger partial charge is 0.360 e. The summed E-state index contributed by atoms with van der Waals surface area (Å²) in [6, 6.07) is 6.98. The molecule has 0 saturated heterocycles. The molecule has 1 aromatic carbocycles. The van der Waals surface area contributed by atoms with Gasteiger partial charge in [-0.05, 0) is 24.5 Å². The first kappa shape index (κ1) is 13.3. The zero-order valence-corrected chi connectivity index (χ0v) is 10.7. The molecule has 0 fully saturated rings. The smallest absolute Gasteiger partial charge is 0.239 e. The Kier molecular flexibility index (Phi) is 4.35. The lowest BCUT2D eigenvalue weighted by atomic mass is 10.0. The number of aryl methyl sites for hydroxylation is 1. The van der Waals surface area contributed by atoms with Crippen molar-refractivity contribution in [3.05, 3.63) is 29.6 Å². The molecule has 1 amide bonds. The minimum Gasteiger partial charge on any atom is -0.360 e. The molecule has 0 aromatic heterocycles. The maximum Gasteiger partial charge on any atom is 0.239 e. The molecule has 4 nitrogen and oxygen atoms in total. The molecular weight excluding hydrogens is 245 g/mol. The van der Waals surface area contributed by atoms with Crippen molar-refractivity contribution in [2.24, 2.45) is 0 Å². The second kappa shape index (κ2) is 6.19. The Balaban J connectivity index is 2.04. The number of carbonyl (C=O) groups is 1. The van der Waals surface area contributed by atoms with E-state index in [1.165, 1.54) is 6.07 Å². The Bertz CT molecular complexity index is 510. The first-order valence-electron chi connectivity index (χ1n) is 6.38. The van der Waals surface area contributed by atoms with Gasteiger partial charge in [-0.3, -0.25) is 4.79 Å². The number of nitrogens with zero attached hydrogens (tertiary/aromatic N) is 2. The molecule has 0 unspecified atom stereocenters. The molecule has 0 atom stereocenters. The quantitative estimate of drug-likeness (QED) is 0.838. The van der Waals surface area contributed by atoms with Crippen LogP contribution in [0.25, 0.3) is 0 Å². The Labute approximate surface area is 111 Å². The first-order valence-corrected chi connectivity index (χ1v) is 6.38. The summed E-state index contributed by atoms with van der Waals surface area (Å²) in [5, 5.41) is 11.1. The van der Waals surface area contributed by atoms with Gasteiger partial charge in [0.05, 0.1) is 24.7 Å². The van der Waals surface area contributed by atoms with Crippen LogP contribution in [0.5, 0.6) is 0 Å². The zero-order chi connectivity index (χ0) is 13.7. The van der Waals surface area contributed by atoms with Gasteiger partial charge < -0.3 is 10.2 Å². The van der Waals surface area contributed by atoms with Gasteiger partial charge in [0, 0.05) is 13.1 Å². The molecule has 1 aromatic rings. The molecule has 5 heteroatoms. The second-order valence-electron chi connectivity index (χ2n) is 4.53. The average molecular weight is 261 g/mol. The highest BCUT2D eigenvalue weighted by atomic mass is 19.1. The van der Waals surface area contributed by atoms with Gasteiger partial charge in [0.2, 0.25) is 5.91 Å². The third-order valence-corrected chi connectivity index (χ3v) is 3.15. The molecule has 0 aliphatic carbocycles. The van der Waals surface area contributed by atoms with E-state index in [4.69, 9.17) is 5.26 Å². The van der Waals surface area contributed by atoms with Gasteiger partial charge in [0.25, 0.3) is 0 Å². The summed E-state index contributed by atoms with van der Waals surface area (Å²) in [7, 11) is 0. The maximum absolute atomic E-state index is 13.9. The molecule has 0 spiro atoms. The van der Waals surface area contributed by atoms with Crippen LogP contribution < -0.4 is 10.2 Å². The average Bonchev–Trinajstić information content (AvgIpc) is 2.39. The third-order valence-electron chi connectivity index (χ3n) is 3.15. The number of fused-ring (bicyclic) bond motifs is 1. The fourth-order valence-electron chi connectivity index (χ4n) is 2.33. The highest BCUT2D eigenvalue weighted by Crippen LogP contribution is 2.29. The monoisotopic (exact) mass is 261 g/mol. The van der Waals surface area contributed by atoms with Crippen LogP contribution in [0.1, 0.15) is 18.4 Å². The molecular formula is C14H16FN3O. The number of halogens is 1. The summed E-state index contributed by atoms with van der Waals surface area (Å²) in [6.07, 6.45) is 2.05. The number of rotatable bonds is 4. The van der Waals surface area contributed by atoms with Crippen molar-refractivity contribution in [1.82, 2.24) is 5.32 Å². The molecule has 0 bridgehead atoms. The number of hydrogen-bond donors (Lipinski definition) is 1. The van der Waals surface area contributed by atoms with Crippen LogP contribution in [0.3, 0.4) is 0 Å². The van der Waals surface area contributed by atoms with Crippen molar-refractivity contribution in [3.63, 3.8) is 0 Å². The van der Waals surface area contributed by atoms with Gasteiger partial charge in [-0.15, -0.1) is 0 Å². The minimum absolute atomic E-state index is 0.138. The molecule has 19 heavy (non-hydrogen) atoms. The highest BCUT2D eigenvalue weighted by molar-refractivity contribution is 5.82. The number of hydrogen-bond acceptors (Lipinski definition) is 3. The van der Waals surface area contributed by atoms with Crippen LogP contribution >= 0.6 is 0 Å². The second-order valence-corrected chi connectivity index (χ2v) is 4.53. The lowest BCUT2D eigenvalue weighted by Gasteiger charge is -2.30. The van der Waals surface area contributed by atoms with Crippen molar-refractivity contribution in [2.45, 2.75) is 19.3 Å². The Morgan fingerprint density at radius 1 is 1.53 bits per heavy atom. The predicted molar refractivity (Wildman–Crippen MR) is 70.2 cm³/mol. The molecule has 0 saturated carbocycles. The number of nitriles is 1. The standard InChI is InChI=1S/C14H16FN3O/c15-12-6-1-4-11-5-2-9-18(14(11)12)10-13(19)17-8-3-7-16/h1,4,6H,2-3,5,8-10H2,(H,17,19). The van der Waals surface area contributed by atoms with Crippen LogP contribution in [0.4, 0.5) is 10.1 Å². The van der Waals surface area contributed by atoms with Crippen molar-refractivity contribution in [2.75, 3.05) is 24.5 Å². The van der Waals surface area contributed by atoms with Gasteiger partial charge in [-0.25, -0.2) is 4.39 Å². The Hall–Kier alpha value is -2.09. The number of carbonyl (C=O) groups excluding carboxylic acids is 1. The van der Waals surface area contributed by atoms with E-state index in [0.29, 0.717) is 18.8 Å². The summed E-state index contributed by atoms with van der Waals surface area (Å²) < 4.78 is 13.9. The highest BCUT2D eigenvalue weighted by Gasteiger charge is 2.21. The van der Waals surface area contributed by atoms with E-state index in [2.05, 4.69) is 5.32 Å². The molecule has 1 aliphatic rings. The third kappa shape index (κ3) is 3.22.